The van der Waals surface area contributed by atoms with Crippen molar-refractivity contribution in [2.45, 2.75) is 6.92 Å². The van der Waals surface area contributed by atoms with Crippen molar-refractivity contribution >= 4 is 33.4 Å². The highest BCUT2D eigenvalue weighted by atomic mass is 79.9. The normalized spacial score (nSPS) is 11.4. The van der Waals surface area contributed by atoms with Crippen LogP contribution in [0.3, 0.4) is 0 Å². The minimum atomic E-state index is -0.00466. The second kappa shape index (κ2) is 6.15. The number of nitrogens with two attached hydrogens (primary N) is 1. The molecule has 0 spiro atoms. The molecule has 0 atom stereocenters. The molecule has 0 radical (unpaired) electrons. The van der Waals surface area contributed by atoms with Crippen LogP contribution in [0.1, 0.15) is 11.1 Å². The Labute approximate surface area is 129 Å². The SMILES string of the molecule is Cc1ccc(Oc2ccc(C(N)=NO)cc2Cl)c(Br)c1. The van der Waals surface area contributed by atoms with E-state index in [4.69, 9.17) is 27.3 Å². The summed E-state index contributed by atoms with van der Waals surface area (Å²) >= 11 is 9.57. The van der Waals surface area contributed by atoms with Crippen molar-refractivity contribution in [2.24, 2.45) is 10.9 Å². The topological polar surface area (TPSA) is 67.8 Å². The standard InChI is InChI=1S/C14H12BrClN2O2/c1-8-2-4-12(10(15)6-8)20-13-5-3-9(7-11(13)16)14(17)18-19/h2-7,19H,1H3,(H2,17,18). The maximum atomic E-state index is 8.63. The summed E-state index contributed by atoms with van der Waals surface area (Å²) in [6.07, 6.45) is 0. The van der Waals surface area contributed by atoms with Crippen LogP contribution in [-0.4, -0.2) is 11.0 Å². The van der Waals surface area contributed by atoms with Gasteiger partial charge in [0.05, 0.1) is 9.50 Å². The van der Waals surface area contributed by atoms with E-state index in [9.17, 15) is 0 Å². The lowest BCUT2D eigenvalue weighted by atomic mass is 10.2. The zero-order valence-electron chi connectivity index (χ0n) is 10.6. The van der Waals surface area contributed by atoms with Gasteiger partial charge in [0.15, 0.2) is 5.84 Å². The van der Waals surface area contributed by atoms with Gasteiger partial charge >= 0.3 is 0 Å². The number of hydrogen-bond acceptors (Lipinski definition) is 3. The zero-order chi connectivity index (χ0) is 14.7. The third-order valence-corrected chi connectivity index (χ3v) is 3.56. The molecule has 2 rings (SSSR count). The molecule has 0 aliphatic rings. The molecule has 0 saturated heterocycles. The molecule has 0 unspecified atom stereocenters. The van der Waals surface area contributed by atoms with Crippen LogP contribution < -0.4 is 10.5 Å². The number of rotatable bonds is 3. The summed E-state index contributed by atoms with van der Waals surface area (Å²) < 4.78 is 6.58. The molecule has 3 N–H and O–H groups in total. The van der Waals surface area contributed by atoms with Gasteiger partial charge in [0.2, 0.25) is 0 Å². The molecule has 0 amide bonds. The van der Waals surface area contributed by atoms with Crippen LogP contribution in [0.25, 0.3) is 0 Å². The van der Waals surface area contributed by atoms with Crippen molar-refractivity contribution in [2.75, 3.05) is 0 Å². The van der Waals surface area contributed by atoms with Crippen molar-refractivity contribution in [1.29, 1.82) is 0 Å². The van der Waals surface area contributed by atoms with Gasteiger partial charge in [0, 0.05) is 5.56 Å². The van der Waals surface area contributed by atoms with E-state index in [1.165, 1.54) is 0 Å². The number of oxime groups is 1. The fourth-order valence-corrected chi connectivity index (χ4v) is 2.40. The third-order valence-electron chi connectivity index (χ3n) is 2.64. The van der Waals surface area contributed by atoms with E-state index in [0.29, 0.717) is 22.1 Å². The second-order valence-corrected chi connectivity index (χ2v) is 5.43. The Morgan fingerprint density at radius 2 is 1.95 bits per heavy atom. The molecule has 0 heterocycles. The highest BCUT2D eigenvalue weighted by Gasteiger charge is 2.09. The lowest BCUT2D eigenvalue weighted by Gasteiger charge is -2.10. The van der Waals surface area contributed by atoms with Crippen molar-refractivity contribution < 1.29 is 9.94 Å². The van der Waals surface area contributed by atoms with Gasteiger partial charge in [-0.2, -0.15) is 0 Å². The van der Waals surface area contributed by atoms with E-state index >= 15 is 0 Å². The average molecular weight is 356 g/mol. The predicted octanol–water partition coefficient (Wildman–Crippen LogP) is 4.30. The van der Waals surface area contributed by atoms with Gasteiger partial charge in [0.25, 0.3) is 0 Å². The van der Waals surface area contributed by atoms with Crippen molar-refractivity contribution in [3.05, 3.63) is 57.0 Å². The maximum Gasteiger partial charge on any atom is 0.170 e. The molecule has 0 bridgehead atoms. The van der Waals surface area contributed by atoms with Gasteiger partial charge in [-0.3, -0.25) is 0 Å². The van der Waals surface area contributed by atoms with Crippen LogP contribution in [0.4, 0.5) is 0 Å². The van der Waals surface area contributed by atoms with Crippen molar-refractivity contribution in [3.8, 4) is 11.5 Å². The molecule has 20 heavy (non-hydrogen) atoms. The van der Waals surface area contributed by atoms with Gasteiger partial charge in [-0.1, -0.05) is 22.8 Å². The number of ether oxygens (including phenoxy) is 1. The summed E-state index contributed by atoms with van der Waals surface area (Å²) in [5.74, 6) is 1.15. The molecular formula is C14H12BrClN2O2. The second-order valence-electron chi connectivity index (χ2n) is 4.17. The summed E-state index contributed by atoms with van der Waals surface area (Å²) in [6, 6.07) is 10.7. The van der Waals surface area contributed by atoms with E-state index in [1.54, 1.807) is 18.2 Å². The summed E-state index contributed by atoms with van der Waals surface area (Å²) in [4.78, 5) is 0. The number of aryl methyl sites for hydroxylation is 1. The first-order chi connectivity index (χ1) is 9.51. The monoisotopic (exact) mass is 354 g/mol. The van der Waals surface area contributed by atoms with E-state index in [0.717, 1.165) is 10.0 Å². The highest BCUT2D eigenvalue weighted by Crippen LogP contribution is 2.34. The molecule has 2 aromatic rings. The molecule has 0 fully saturated rings. The van der Waals surface area contributed by atoms with Crippen molar-refractivity contribution in [1.82, 2.24) is 0 Å². The van der Waals surface area contributed by atoms with Crippen LogP contribution in [0.15, 0.2) is 46.0 Å². The highest BCUT2D eigenvalue weighted by molar-refractivity contribution is 9.10. The molecule has 6 heteroatoms. The largest absolute Gasteiger partial charge is 0.455 e. The number of nitrogens with zero attached hydrogens (tertiary/aromatic N) is 1. The van der Waals surface area contributed by atoms with E-state index in [-0.39, 0.29) is 5.84 Å². The summed E-state index contributed by atoms with van der Waals surface area (Å²) in [5.41, 5.74) is 7.14. The first-order valence-electron chi connectivity index (χ1n) is 5.72. The van der Waals surface area contributed by atoms with E-state index in [1.807, 2.05) is 25.1 Å². The summed E-state index contributed by atoms with van der Waals surface area (Å²) in [6.45, 7) is 1.99. The first-order valence-corrected chi connectivity index (χ1v) is 6.90. The number of benzene rings is 2. The quantitative estimate of drug-likeness (QED) is 0.373. The smallest absolute Gasteiger partial charge is 0.170 e. The number of halogens is 2. The maximum absolute atomic E-state index is 8.63. The van der Waals surface area contributed by atoms with Gasteiger partial charge in [-0.05, 0) is 58.7 Å². The van der Waals surface area contributed by atoms with Gasteiger partial charge in [0.1, 0.15) is 11.5 Å². The number of amidine groups is 1. The Hall–Kier alpha value is -1.72. The molecule has 0 saturated carbocycles. The van der Waals surface area contributed by atoms with Gasteiger partial charge in [-0.25, -0.2) is 0 Å². The average Bonchev–Trinajstić information content (AvgIpc) is 2.42. The number of hydrogen-bond donors (Lipinski definition) is 2. The summed E-state index contributed by atoms with van der Waals surface area (Å²) in [7, 11) is 0. The molecular weight excluding hydrogens is 344 g/mol. The summed E-state index contributed by atoms with van der Waals surface area (Å²) in [5, 5.41) is 11.9. The van der Waals surface area contributed by atoms with Crippen LogP contribution in [0, 0.1) is 6.92 Å². The Bertz CT molecular complexity index is 674. The zero-order valence-corrected chi connectivity index (χ0v) is 12.9. The van der Waals surface area contributed by atoms with Crippen molar-refractivity contribution in [3.63, 3.8) is 0 Å². The Balaban J connectivity index is 2.30. The molecule has 0 aromatic heterocycles. The fraction of sp³-hybridized carbons (Fsp3) is 0.0714. The van der Waals surface area contributed by atoms with E-state index < -0.39 is 0 Å². The van der Waals surface area contributed by atoms with Crippen LogP contribution in [0.5, 0.6) is 11.5 Å². The molecule has 104 valence electrons. The third kappa shape index (κ3) is 3.23. The lowest BCUT2D eigenvalue weighted by molar-refractivity contribution is 0.318. The molecule has 4 nitrogen and oxygen atoms in total. The Morgan fingerprint density at radius 1 is 1.25 bits per heavy atom. The Kier molecular flexibility index (Phi) is 4.52. The first kappa shape index (κ1) is 14.7. The molecule has 0 aliphatic heterocycles. The lowest BCUT2D eigenvalue weighted by Crippen LogP contribution is -2.12. The fourth-order valence-electron chi connectivity index (χ4n) is 1.61. The minimum absolute atomic E-state index is 0.00466. The van der Waals surface area contributed by atoms with Crippen LogP contribution in [0.2, 0.25) is 5.02 Å². The van der Waals surface area contributed by atoms with Crippen LogP contribution in [-0.2, 0) is 0 Å². The Morgan fingerprint density at radius 3 is 2.55 bits per heavy atom. The molecule has 2 aromatic carbocycles. The van der Waals surface area contributed by atoms with Crippen LogP contribution >= 0.6 is 27.5 Å². The predicted molar refractivity (Wildman–Crippen MR) is 82.9 cm³/mol. The van der Waals surface area contributed by atoms with Gasteiger partial charge < -0.3 is 15.7 Å². The molecule has 0 aliphatic carbocycles. The van der Waals surface area contributed by atoms with E-state index in [2.05, 4.69) is 21.1 Å². The van der Waals surface area contributed by atoms with Gasteiger partial charge in [-0.15, -0.1) is 0 Å². The minimum Gasteiger partial charge on any atom is -0.455 e.